The van der Waals surface area contributed by atoms with Crippen molar-refractivity contribution in [3.63, 3.8) is 0 Å². The smallest absolute Gasteiger partial charge is 0.248 e. The highest BCUT2D eigenvalue weighted by Gasteiger charge is 2.34. The SMILES string of the molecule is NC(=O)c1ccc(CNC2CCN(C3CC3)C2)c(F)c1. The maximum atomic E-state index is 13.8. The first-order chi connectivity index (χ1) is 9.63. The molecule has 108 valence electrons. The summed E-state index contributed by atoms with van der Waals surface area (Å²) in [6.45, 7) is 2.70. The van der Waals surface area contributed by atoms with E-state index >= 15 is 0 Å². The van der Waals surface area contributed by atoms with Gasteiger partial charge in [-0.2, -0.15) is 0 Å². The van der Waals surface area contributed by atoms with Gasteiger partial charge in [0.25, 0.3) is 0 Å². The van der Waals surface area contributed by atoms with Crippen LogP contribution in [0.15, 0.2) is 18.2 Å². The van der Waals surface area contributed by atoms with Crippen LogP contribution in [0.3, 0.4) is 0 Å². The number of primary amides is 1. The fourth-order valence-corrected chi connectivity index (χ4v) is 2.82. The van der Waals surface area contributed by atoms with Crippen LogP contribution in [0.25, 0.3) is 0 Å². The molecule has 1 unspecified atom stereocenters. The Labute approximate surface area is 118 Å². The predicted molar refractivity (Wildman–Crippen MR) is 74.8 cm³/mol. The van der Waals surface area contributed by atoms with E-state index in [1.807, 2.05) is 0 Å². The first kappa shape index (κ1) is 13.5. The number of benzene rings is 1. The van der Waals surface area contributed by atoms with E-state index in [-0.39, 0.29) is 11.4 Å². The van der Waals surface area contributed by atoms with Crippen LogP contribution in [0.5, 0.6) is 0 Å². The van der Waals surface area contributed by atoms with E-state index in [0.29, 0.717) is 18.2 Å². The molecule has 4 nitrogen and oxygen atoms in total. The minimum atomic E-state index is -0.598. The van der Waals surface area contributed by atoms with E-state index in [1.165, 1.54) is 18.9 Å². The second kappa shape index (κ2) is 5.50. The predicted octanol–water partition coefficient (Wildman–Crippen LogP) is 1.25. The maximum Gasteiger partial charge on any atom is 0.248 e. The van der Waals surface area contributed by atoms with Gasteiger partial charge in [-0.1, -0.05) is 6.07 Å². The van der Waals surface area contributed by atoms with Crippen molar-refractivity contribution in [1.82, 2.24) is 10.2 Å². The second-order valence-electron chi connectivity index (χ2n) is 5.76. The van der Waals surface area contributed by atoms with Crippen LogP contribution in [-0.4, -0.2) is 36.0 Å². The first-order valence-electron chi connectivity index (χ1n) is 7.19. The molecular weight excluding hydrogens is 257 g/mol. The molecule has 2 aliphatic rings. The molecule has 0 spiro atoms. The molecule has 1 amide bonds. The Morgan fingerprint density at radius 3 is 2.85 bits per heavy atom. The molecule has 1 atom stereocenters. The highest BCUT2D eigenvalue weighted by Crippen LogP contribution is 2.29. The second-order valence-corrected chi connectivity index (χ2v) is 5.76. The molecular formula is C15H20FN3O. The van der Waals surface area contributed by atoms with Crippen molar-refractivity contribution in [2.75, 3.05) is 13.1 Å². The highest BCUT2D eigenvalue weighted by molar-refractivity contribution is 5.92. The van der Waals surface area contributed by atoms with Gasteiger partial charge in [0.15, 0.2) is 0 Å². The van der Waals surface area contributed by atoms with Crippen LogP contribution in [0.4, 0.5) is 4.39 Å². The Morgan fingerprint density at radius 2 is 2.20 bits per heavy atom. The average Bonchev–Trinajstić information content (AvgIpc) is 3.17. The molecule has 1 saturated carbocycles. The zero-order valence-corrected chi connectivity index (χ0v) is 11.4. The lowest BCUT2D eigenvalue weighted by atomic mass is 10.1. The van der Waals surface area contributed by atoms with Gasteiger partial charge in [-0.15, -0.1) is 0 Å². The summed E-state index contributed by atoms with van der Waals surface area (Å²) in [5.41, 5.74) is 5.93. The van der Waals surface area contributed by atoms with Crippen molar-refractivity contribution in [2.45, 2.75) is 37.9 Å². The lowest BCUT2D eigenvalue weighted by molar-refractivity contribution is 0.1000. The van der Waals surface area contributed by atoms with Gasteiger partial charge in [0.05, 0.1) is 0 Å². The van der Waals surface area contributed by atoms with Crippen molar-refractivity contribution in [3.8, 4) is 0 Å². The lowest BCUT2D eigenvalue weighted by Gasteiger charge is -2.16. The molecule has 1 aromatic rings. The van der Waals surface area contributed by atoms with Crippen molar-refractivity contribution >= 4 is 5.91 Å². The standard InChI is InChI=1S/C15H20FN3O/c16-14-7-10(15(17)20)1-2-11(14)8-18-12-5-6-19(9-12)13-3-4-13/h1-2,7,12-13,18H,3-6,8-9H2,(H2,17,20). The zero-order chi connectivity index (χ0) is 14.1. The Kier molecular flexibility index (Phi) is 3.72. The van der Waals surface area contributed by atoms with Gasteiger partial charge in [-0.25, -0.2) is 4.39 Å². The topological polar surface area (TPSA) is 58.4 Å². The van der Waals surface area contributed by atoms with Crippen LogP contribution < -0.4 is 11.1 Å². The lowest BCUT2D eigenvalue weighted by Crippen LogP contribution is -2.33. The van der Waals surface area contributed by atoms with E-state index in [2.05, 4.69) is 10.2 Å². The number of amides is 1. The fourth-order valence-electron chi connectivity index (χ4n) is 2.82. The molecule has 2 fully saturated rings. The van der Waals surface area contributed by atoms with Gasteiger partial charge in [-0.05, 0) is 31.4 Å². The number of rotatable bonds is 5. The summed E-state index contributed by atoms with van der Waals surface area (Å²) in [5, 5.41) is 3.40. The number of carbonyl (C=O) groups is 1. The molecule has 1 aliphatic carbocycles. The largest absolute Gasteiger partial charge is 0.366 e. The van der Waals surface area contributed by atoms with E-state index in [0.717, 1.165) is 25.6 Å². The molecule has 0 bridgehead atoms. The van der Waals surface area contributed by atoms with Gasteiger partial charge < -0.3 is 11.1 Å². The third-order valence-electron chi connectivity index (χ3n) is 4.20. The summed E-state index contributed by atoms with van der Waals surface area (Å²) in [6, 6.07) is 5.66. The normalized spacial score (nSPS) is 23.1. The number of nitrogens with two attached hydrogens (primary N) is 1. The Hall–Kier alpha value is -1.46. The number of carbonyl (C=O) groups excluding carboxylic acids is 1. The van der Waals surface area contributed by atoms with Crippen LogP contribution >= 0.6 is 0 Å². The summed E-state index contributed by atoms with van der Waals surface area (Å²) in [5.74, 6) is -0.967. The molecule has 20 heavy (non-hydrogen) atoms. The van der Waals surface area contributed by atoms with Crippen molar-refractivity contribution in [3.05, 3.63) is 35.1 Å². The summed E-state index contributed by atoms with van der Waals surface area (Å²) in [7, 11) is 0. The highest BCUT2D eigenvalue weighted by atomic mass is 19.1. The molecule has 1 heterocycles. The number of nitrogens with zero attached hydrogens (tertiary/aromatic N) is 1. The fraction of sp³-hybridized carbons (Fsp3) is 0.533. The zero-order valence-electron chi connectivity index (χ0n) is 11.4. The summed E-state index contributed by atoms with van der Waals surface area (Å²) >= 11 is 0. The van der Waals surface area contributed by atoms with Crippen molar-refractivity contribution in [2.24, 2.45) is 5.73 Å². The summed E-state index contributed by atoms with van der Waals surface area (Å²) in [4.78, 5) is 13.5. The number of hydrogen-bond donors (Lipinski definition) is 2. The van der Waals surface area contributed by atoms with Gasteiger partial charge in [0.2, 0.25) is 5.91 Å². The molecule has 1 aliphatic heterocycles. The number of halogens is 1. The molecule has 3 N–H and O–H groups in total. The van der Waals surface area contributed by atoms with Crippen LogP contribution in [0, 0.1) is 5.82 Å². The molecule has 3 rings (SSSR count). The van der Waals surface area contributed by atoms with E-state index in [1.54, 1.807) is 12.1 Å². The molecule has 0 aromatic heterocycles. The van der Waals surface area contributed by atoms with Crippen molar-refractivity contribution < 1.29 is 9.18 Å². The van der Waals surface area contributed by atoms with Gasteiger partial charge in [0, 0.05) is 42.8 Å². The molecule has 5 heteroatoms. The van der Waals surface area contributed by atoms with Crippen LogP contribution in [-0.2, 0) is 6.54 Å². The Balaban J connectivity index is 1.54. The quantitative estimate of drug-likeness (QED) is 0.851. The average molecular weight is 277 g/mol. The molecule has 0 radical (unpaired) electrons. The third kappa shape index (κ3) is 2.99. The van der Waals surface area contributed by atoms with Crippen molar-refractivity contribution in [1.29, 1.82) is 0 Å². The van der Waals surface area contributed by atoms with Crippen LogP contribution in [0.2, 0.25) is 0 Å². The monoisotopic (exact) mass is 277 g/mol. The van der Waals surface area contributed by atoms with Gasteiger partial charge in [0.1, 0.15) is 5.82 Å². The molecule has 1 saturated heterocycles. The number of hydrogen-bond acceptors (Lipinski definition) is 3. The van der Waals surface area contributed by atoms with Crippen LogP contribution in [0.1, 0.15) is 35.2 Å². The van der Waals surface area contributed by atoms with Gasteiger partial charge >= 0.3 is 0 Å². The van der Waals surface area contributed by atoms with E-state index in [9.17, 15) is 9.18 Å². The Morgan fingerprint density at radius 1 is 1.40 bits per heavy atom. The number of likely N-dealkylation sites (tertiary alicyclic amines) is 1. The first-order valence-corrected chi connectivity index (χ1v) is 7.19. The van der Waals surface area contributed by atoms with Gasteiger partial charge in [-0.3, -0.25) is 9.69 Å². The summed E-state index contributed by atoms with van der Waals surface area (Å²) < 4.78 is 13.8. The minimum Gasteiger partial charge on any atom is -0.366 e. The summed E-state index contributed by atoms with van der Waals surface area (Å²) in [6.07, 6.45) is 3.78. The third-order valence-corrected chi connectivity index (χ3v) is 4.20. The number of nitrogens with one attached hydrogen (secondary N) is 1. The maximum absolute atomic E-state index is 13.8. The minimum absolute atomic E-state index is 0.215. The molecule has 1 aromatic carbocycles. The Bertz CT molecular complexity index is 516. The van der Waals surface area contributed by atoms with E-state index < -0.39 is 5.91 Å². The van der Waals surface area contributed by atoms with E-state index in [4.69, 9.17) is 5.73 Å².